The van der Waals surface area contributed by atoms with Gasteiger partial charge in [0.2, 0.25) is 17.7 Å². The number of hydrogen-bond donors (Lipinski definition) is 2. The minimum absolute atomic E-state index is 0.0296. The van der Waals surface area contributed by atoms with Crippen LogP contribution in [0.4, 0.5) is 5.82 Å². The van der Waals surface area contributed by atoms with Crippen molar-refractivity contribution < 1.29 is 33.4 Å². The number of para-hydroxylation sites is 1. The van der Waals surface area contributed by atoms with Gasteiger partial charge in [0.25, 0.3) is 5.91 Å². The summed E-state index contributed by atoms with van der Waals surface area (Å²) in [6.45, 7) is 9.54. The number of hydrogen-bond acceptors (Lipinski definition) is 14. The van der Waals surface area contributed by atoms with Gasteiger partial charge in [0.1, 0.15) is 35.4 Å². The number of piperidine rings is 2. The van der Waals surface area contributed by atoms with Crippen LogP contribution in [-0.4, -0.2) is 154 Å². The van der Waals surface area contributed by atoms with Gasteiger partial charge in [0.15, 0.2) is 5.65 Å². The summed E-state index contributed by atoms with van der Waals surface area (Å²) < 4.78 is 19.7. The maximum Gasteiger partial charge on any atom is 0.255 e. The normalized spacial score (nSPS) is 19.3. The summed E-state index contributed by atoms with van der Waals surface area (Å²) in [5.74, 6) is 1.90. The van der Waals surface area contributed by atoms with E-state index in [1.54, 1.807) is 22.7 Å². The molecule has 0 spiro atoms. The van der Waals surface area contributed by atoms with Crippen LogP contribution in [0.2, 0.25) is 0 Å². The molecular formula is C49H58N10O7S. The molecule has 2 atom stereocenters. The molecule has 3 fully saturated rings. The number of thioether (sulfide) groups is 1. The van der Waals surface area contributed by atoms with E-state index in [4.69, 9.17) is 25.0 Å². The van der Waals surface area contributed by atoms with E-state index in [0.29, 0.717) is 80.5 Å². The van der Waals surface area contributed by atoms with Gasteiger partial charge in [-0.1, -0.05) is 24.3 Å². The molecule has 17 nitrogen and oxygen atoms in total. The zero-order valence-corrected chi connectivity index (χ0v) is 38.5. The first-order valence-corrected chi connectivity index (χ1v) is 24.4. The zero-order valence-electron chi connectivity index (χ0n) is 37.7. The fraction of sp³-hybridized carbons (Fsp3) is 0.449. The molecule has 3 saturated heterocycles. The smallest absolute Gasteiger partial charge is 0.255 e. The van der Waals surface area contributed by atoms with E-state index >= 15 is 0 Å². The third-order valence-electron chi connectivity index (χ3n) is 13.0. The lowest BCUT2D eigenvalue weighted by Gasteiger charge is -2.35. The molecule has 4 amide bonds. The number of fused-ring (bicyclic) bond motifs is 2. The Morgan fingerprint density at radius 2 is 1.58 bits per heavy atom. The molecule has 9 rings (SSSR count). The Morgan fingerprint density at radius 3 is 2.37 bits per heavy atom. The first kappa shape index (κ1) is 46.2. The van der Waals surface area contributed by atoms with Crippen LogP contribution < -0.4 is 15.8 Å². The Morgan fingerprint density at radius 1 is 0.821 bits per heavy atom. The molecule has 1 unspecified atom stereocenters. The molecule has 0 aliphatic carbocycles. The van der Waals surface area contributed by atoms with Gasteiger partial charge in [-0.15, -0.1) is 11.8 Å². The van der Waals surface area contributed by atoms with Gasteiger partial charge in [0.05, 0.1) is 37.9 Å². The Kier molecular flexibility index (Phi) is 15.0. The number of imide groups is 1. The van der Waals surface area contributed by atoms with Crippen LogP contribution in [0.1, 0.15) is 60.5 Å². The van der Waals surface area contributed by atoms with E-state index in [0.717, 1.165) is 98.4 Å². The number of nitrogens with two attached hydrogens (primary N) is 1. The van der Waals surface area contributed by atoms with E-state index in [1.807, 2.05) is 76.3 Å². The Hall–Kier alpha value is -5.92. The van der Waals surface area contributed by atoms with Gasteiger partial charge in [-0.25, -0.2) is 14.6 Å². The highest BCUT2D eigenvalue weighted by molar-refractivity contribution is 7.99. The molecule has 3 N–H and O–H groups in total. The molecule has 4 aliphatic rings. The van der Waals surface area contributed by atoms with E-state index in [-0.39, 0.29) is 30.2 Å². The molecule has 0 radical (unpaired) electrons. The second kappa shape index (κ2) is 21.8. The molecule has 6 heterocycles. The molecule has 2 aromatic heterocycles. The molecule has 0 bridgehead atoms. The molecule has 3 aromatic carbocycles. The molecule has 0 saturated carbocycles. The van der Waals surface area contributed by atoms with Crippen molar-refractivity contribution in [3.63, 3.8) is 0 Å². The summed E-state index contributed by atoms with van der Waals surface area (Å²) in [5, 5.41) is 8.13. The second-order valence-corrected chi connectivity index (χ2v) is 18.5. The lowest BCUT2D eigenvalue weighted by molar-refractivity contribution is -0.137. The fourth-order valence-corrected chi connectivity index (χ4v) is 10.4. The number of piperazine rings is 1. The highest BCUT2D eigenvalue weighted by Crippen LogP contribution is 2.36. The first-order valence-electron chi connectivity index (χ1n) is 23.4. The largest absolute Gasteiger partial charge is 0.457 e. The lowest BCUT2D eigenvalue weighted by Crippen LogP contribution is -2.52. The van der Waals surface area contributed by atoms with Crippen LogP contribution in [-0.2, 0) is 30.4 Å². The third kappa shape index (κ3) is 11.1. The molecule has 5 aromatic rings. The number of ether oxygens (including phenoxy) is 3. The predicted molar refractivity (Wildman–Crippen MR) is 254 cm³/mol. The number of amides is 4. The van der Waals surface area contributed by atoms with Gasteiger partial charge < -0.3 is 34.6 Å². The van der Waals surface area contributed by atoms with Crippen molar-refractivity contribution in [3.8, 4) is 22.8 Å². The van der Waals surface area contributed by atoms with Gasteiger partial charge in [-0.05, 0) is 86.3 Å². The molecule has 18 heteroatoms. The van der Waals surface area contributed by atoms with Crippen molar-refractivity contribution in [2.75, 3.05) is 90.3 Å². The summed E-state index contributed by atoms with van der Waals surface area (Å²) in [6, 6.07) is 22.5. The second-order valence-electron chi connectivity index (χ2n) is 17.4. The number of benzene rings is 3. The van der Waals surface area contributed by atoms with Crippen molar-refractivity contribution >= 4 is 52.2 Å². The van der Waals surface area contributed by atoms with Crippen LogP contribution in [0.25, 0.3) is 22.3 Å². The maximum atomic E-state index is 13.6. The Balaban J connectivity index is 0.645. The van der Waals surface area contributed by atoms with Gasteiger partial charge in [-0.2, -0.15) is 5.10 Å². The number of nitrogens with one attached hydrogen (secondary N) is 1. The van der Waals surface area contributed by atoms with Gasteiger partial charge in [-0.3, -0.25) is 29.4 Å². The molecular weight excluding hydrogens is 873 g/mol. The highest BCUT2D eigenvalue weighted by atomic mass is 32.2. The molecule has 4 aliphatic heterocycles. The summed E-state index contributed by atoms with van der Waals surface area (Å²) >= 11 is 1.64. The standard InChI is InChI=1S/C49H58N10O7S/c50-46-44-45(34-13-15-37(16-14-34)66-36-8-2-1-3-9-36)54-59(47(44)52-33-51-46)35-7-5-20-57(31-35)43(61)12-6-19-55-21-23-56(24-22-55)25-26-64-27-28-65-29-30-67-41-11-4-10-38-39(41)32-58(49(38)63)40-17-18-42(60)53-48(40)62/h1-4,8-11,13-16,33,35,40H,5-7,12,17-32H2,(H2,50,51,52)(H,53,60,62)/t35-,40?/m1/s1. The molecule has 67 heavy (non-hydrogen) atoms. The number of carbonyl (C=O) groups is 4. The van der Waals surface area contributed by atoms with Crippen LogP contribution in [0.3, 0.4) is 0 Å². The van der Waals surface area contributed by atoms with Crippen molar-refractivity contribution in [1.82, 2.24) is 44.7 Å². The van der Waals surface area contributed by atoms with E-state index in [2.05, 4.69) is 25.1 Å². The van der Waals surface area contributed by atoms with Crippen molar-refractivity contribution in [2.24, 2.45) is 0 Å². The van der Waals surface area contributed by atoms with Gasteiger partial charge >= 0.3 is 0 Å². The lowest BCUT2D eigenvalue weighted by atomic mass is 10.0. The topological polar surface area (TPSA) is 191 Å². The number of aromatic nitrogens is 4. The number of likely N-dealkylation sites (tertiary alicyclic amines) is 1. The minimum Gasteiger partial charge on any atom is -0.457 e. The number of nitrogens with zero attached hydrogens (tertiary/aromatic N) is 8. The number of carbonyl (C=O) groups excluding carboxylic acids is 4. The summed E-state index contributed by atoms with van der Waals surface area (Å²) in [5.41, 5.74) is 10.2. The Labute approximate surface area is 394 Å². The van der Waals surface area contributed by atoms with Crippen LogP contribution in [0.15, 0.2) is 84.0 Å². The zero-order chi connectivity index (χ0) is 46.1. The third-order valence-corrected chi connectivity index (χ3v) is 14.1. The maximum absolute atomic E-state index is 13.6. The summed E-state index contributed by atoms with van der Waals surface area (Å²) in [4.78, 5) is 69.1. The van der Waals surface area contributed by atoms with E-state index < -0.39 is 11.9 Å². The van der Waals surface area contributed by atoms with Crippen LogP contribution in [0.5, 0.6) is 11.5 Å². The van der Waals surface area contributed by atoms with E-state index in [9.17, 15) is 19.2 Å². The quantitative estimate of drug-likeness (QED) is 0.0638. The Bertz CT molecular complexity index is 2530. The predicted octanol–water partition coefficient (Wildman–Crippen LogP) is 5.02. The monoisotopic (exact) mass is 930 g/mol. The minimum atomic E-state index is -0.622. The van der Waals surface area contributed by atoms with Gasteiger partial charge in [0, 0.05) is 87.0 Å². The molecule has 352 valence electrons. The van der Waals surface area contributed by atoms with Crippen LogP contribution >= 0.6 is 11.8 Å². The van der Waals surface area contributed by atoms with Crippen molar-refractivity contribution in [3.05, 3.63) is 90.3 Å². The SMILES string of the molecule is Nc1ncnc2c1c(-c1ccc(Oc3ccccc3)cc1)nn2[C@@H]1CCCN(C(=O)CCCN2CCN(CCOCCOCCSc3cccc4c3CN(C3CCC(=O)NC3=O)C4=O)CC2)C1. The van der Waals surface area contributed by atoms with Crippen LogP contribution in [0, 0.1) is 0 Å². The van der Waals surface area contributed by atoms with Crippen molar-refractivity contribution in [2.45, 2.75) is 62.0 Å². The number of nitrogen functional groups attached to an aromatic ring is 1. The average molecular weight is 931 g/mol. The van der Waals surface area contributed by atoms with E-state index in [1.165, 1.54) is 6.33 Å². The summed E-state index contributed by atoms with van der Waals surface area (Å²) in [7, 11) is 0. The first-order chi connectivity index (χ1) is 32.8. The number of rotatable bonds is 19. The summed E-state index contributed by atoms with van der Waals surface area (Å²) in [6.07, 6.45) is 5.16. The highest BCUT2D eigenvalue weighted by Gasteiger charge is 2.40. The average Bonchev–Trinajstić information content (AvgIpc) is 3.91. The fourth-order valence-electron chi connectivity index (χ4n) is 9.41. The van der Waals surface area contributed by atoms with Crippen molar-refractivity contribution in [1.29, 1.82) is 0 Å². The number of anilines is 1.